The number of nitrogens with zero attached hydrogens (tertiary/aromatic N) is 2. The molecule has 0 aliphatic heterocycles. The van der Waals surface area contributed by atoms with Gasteiger partial charge in [0.05, 0.1) is 15.8 Å². The predicted octanol–water partition coefficient (Wildman–Crippen LogP) is 2.29. The molecule has 2 aromatic heterocycles. The molecule has 17 heavy (non-hydrogen) atoms. The van der Waals surface area contributed by atoms with Crippen LogP contribution in [0.1, 0.15) is 24.8 Å². The van der Waals surface area contributed by atoms with Crippen LogP contribution in [-0.4, -0.2) is 22.1 Å². The van der Waals surface area contributed by atoms with Crippen molar-refractivity contribution in [1.29, 1.82) is 0 Å². The van der Waals surface area contributed by atoms with Gasteiger partial charge in [0.25, 0.3) is 0 Å². The summed E-state index contributed by atoms with van der Waals surface area (Å²) in [4.78, 5) is 8.70. The first-order chi connectivity index (χ1) is 8.24. The zero-order valence-electron chi connectivity index (χ0n) is 9.86. The van der Waals surface area contributed by atoms with Crippen LogP contribution in [0.25, 0.3) is 10.2 Å². The fourth-order valence-corrected chi connectivity index (χ4v) is 3.24. The van der Waals surface area contributed by atoms with Crippen molar-refractivity contribution in [3.8, 4) is 0 Å². The number of hydrogen-bond acceptors (Lipinski definition) is 5. The molecular formula is C12H16N4S. The van der Waals surface area contributed by atoms with E-state index in [9.17, 15) is 0 Å². The minimum Gasteiger partial charge on any atom is -0.362 e. The average Bonchev–Trinajstić information content (AvgIpc) is 2.67. The molecule has 0 unspecified atom stereocenters. The fourth-order valence-electron chi connectivity index (χ4n) is 2.29. The second-order valence-electron chi connectivity index (χ2n) is 4.78. The van der Waals surface area contributed by atoms with Crippen LogP contribution in [0.15, 0.2) is 11.7 Å². The number of nitrogens with two attached hydrogens (primary N) is 1. The molecule has 1 fully saturated rings. The van der Waals surface area contributed by atoms with E-state index in [4.69, 9.17) is 5.73 Å². The lowest BCUT2D eigenvalue weighted by atomic mass is 9.77. The summed E-state index contributed by atoms with van der Waals surface area (Å²) in [6.45, 7) is 2.75. The summed E-state index contributed by atoms with van der Waals surface area (Å²) in [6, 6.07) is 0. The molecular weight excluding hydrogens is 232 g/mol. The van der Waals surface area contributed by atoms with Crippen molar-refractivity contribution >= 4 is 27.4 Å². The number of anilines is 1. The second kappa shape index (κ2) is 3.92. The molecule has 1 saturated carbocycles. The van der Waals surface area contributed by atoms with Crippen molar-refractivity contribution in [2.45, 2.75) is 31.7 Å². The van der Waals surface area contributed by atoms with Crippen molar-refractivity contribution in [2.24, 2.45) is 5.73 Å². The summed E-state index contributed by atoms with van der Waals surface area (Å²) in [5, 5.41) is 5.66. The third-order valence-corrected chi connectivity index (χ3v) is 4.71. The lowest BCUT2D eigenvalue weighted by Gasteiger charge is -2.42. The van der Waals surface area contributed by atoms with E-state index in [-0.39, 0.29) is 5.54 Å². The minimum absolute atomic E-state index is 0.0686. The van der Waals surface area contributed by atoms with Crippen LogP contribution < -0.4 is 11.1 Å². The monoisotopic (exact) mass is 248 g/mol. The summed E-state index contributed by atoms with van der Waals surface area (Å²) in [7, 11) is 0. The molecule has 0 bridgehead atoms. The number of hydrogen-bond donors (Lipinski definition) is 2. The summed E-state index contributed by atoms with van der Waals surface area (Å²) >= 11 is 1.70. The van der Waals surface area contributed by atoms with E-state index in [1.807, 2.05) is 0 Å². The van der Waals surface area contributed by atoms with Gasteiger partial charge in [-0.05, 0) is 37.1 Å². The summed E-state index contributed by atoms with van der Waals surface area (Å²) < 4.78 is 1.14. The number of aryl methyl sites for hydroxylation is 1. The van der Waals surface area contributed by atoms with Crippen LogP contribution in [0.4, 0.5) is 5.82 Å². The Morgan fingerprint density at radius 3 is 2.94 bits per heavy atom. The molecule has 0 aromatic carbocycles. The van der Waals surface area contributed by atoms with Crippen LogP contribution in [0.3, 0.4) is 0 Å². The third kappa shape index (κ3) is 1.70. The number of thiophene rings is 1. The lowest BCUT2D eigenvalue weighted by Crippen LogP contribution is -2.51. The Hall–Kier alpha value is -1.20. The van der Waals surface area contributed by atoms with E-state index in [0.29, 0.717) is 6.54 Å². The molecule has 1 aliphatic carbocycles. The second-order valence-corrected chi connectivity index (χ2v) is 5.66. The SMILES string of the molecule is Cc1csc2c(NC3(CN)CCC3)ncnc12. The van der Waals surface area contributed by atoms with Gasteiger partial charge >= 0.3 is 0 Å². The Labute approximate surface area is 104 Å². The van der Waals surface area contributed by atoms with E-state index in [2.05, 4.69) is 27.6 Å². The Morgan fingerprint density at radius 1 is 1.47 bits per heavy atom. The molecule has 90 valence electrons. The summed E-state index contributed by atoms with van der Waals surface area (Å²) in [5.41, 5.74) is 8.20. The van der Waals surface area contributed by atoms with Crippen molar-refractivity contribution < 1.29 is 0 Å². The van der Waals surface area contributed by atoms with Crippen LogP contribution in [0.2, 0.25) is 0 Å². The number of fused-ring (bicyclic) bond motifs is 1. The van der Waals surface area contributed by atoms with Gasteiger partial charge in [-0.1, -0.05) is 0 Å². The molecule has 3 rings (SSSR count). The Morgan fingerprint density at radius 2 is 2.29 bits per heavy atom. The maximum Gasteiger partial charge on any atom is 0.147 e. The van der Waals surface area contributed by atoms with Gasteiger partial charge in [0.15, 0.2) is 0 Å². The lowest BCUT2D eigenvalue weighted by molar-refractivity contribution is 0.287. The number of aromatic nitrogens is 2. The van der Waals surface area contributed by atoms with E-state index < -0.39 is 0 Å². The fraction of sp³-hybridized carbons (Fsp3) is 0.500. The first-order valence-corrected chi connectivity index (χ1v) is 6.79. The highest BCUT2D eigenvalue weighted by molar-refractivity contribution is 7.18. The largest absolute Gasteiger partial charge is 0.362 e. The molecule has 2 aromatic rings. The minimum atomic E-state index is 0.0686. The third-order valence-electron chi connectivity index (χ3n) is 3.62. The quantitative estimate of drug-likeness (QED) is 0.874. The molecule has 0 amide bonds. The van der Waals surface area contributed by atoms with Gasteiger partial charge in [-0.3, -0.25) is 0 Å². The standard InChI is InChI=1S/C12H16N4S/c1-8-5-17-10-9(8)14-7-15-11(10)16-12(6-13)3-2-4-12/h5,7H,2-4,6,13H2,1H3,(H,14,15,16). The molecule has 5 heteroatoms. The first kappa shape index (κ1) is 10.9. The van der Waals surface area contributed by atoms with E-state index in [1.165, 1.54) is 12.0 Å². The van der Waals surface area contributed by atoms with Crippen LogP contribution in [0.5, 0.6) is 0 Å². The molecule has 1 aliphatic rings. The molecule has 2 heterocycles. The molecule has 0 atom stereocenters. The molecule has 0 spiro atoms. The van der Waals surface area contributed by atoms with Crippen LogP contribution >= 0.6 is 11.3 Å². The van der Waals surface area contributed by atoms with Gasteiger partial charge in [-0.25, -0.2) is 9.97 Å². The van der Waals surface area contributed by atoms with Crippen molar-refractivity contribution in [3.63, 3.8) is 0 Å². The van der Waals surface area contributed by atoms with Gasteiger partial charge in [0.2, 0.25) is 0 Å². The van der Waals surface area contributed by atoms with E-state index in [1.54, 1.807) is 17.7 Å². The summed E-state index contributed by atoms with van der Waals surface area (Å²) in [5.74, 6) is 0.943. The molecule has 3 N–H and O–H groups in total. The van der Waals surface area contributed by atoms with Gasteiger partial charge in [-0.15, -0.1) is 11.3 Å². The average molecular weight is 248 g/mol. The van der Waals surface area contributed by atoms with E-state index in [0.717, 1.165) is 28.9 Å². The molecule has 0 radical (unpaired) electrons. The maximum absolute atomic E-state index is 5.86. The highest BCUT2D eigenvalue weighted by atomic mass is 32.1. The smallest absolute Gasteiger partial charge is 0.147 e. The Kier molecular flexibility index (Phi) is 2.52. The van der Waals surface area contributed by atoms with Crippen molar-refractivity contribution in [3.05, 3.63) is 17.3 Å². The maximum atomic E-state index is 5.86. The molecule has 4 nitrogen and oxygen atoms in total. The van der Waals surface area contributed by atoms with Gasteiger partial charge in [0, 0.05) is 6.54 Å². The summed E-state index contributed by atoms with van der Waals surface area (Å²) in [6.07, 6.45) is 5.16. The van der Waals surface area contributed by atoms with Crippen molar-refractivity contribution in [1.82, 2.24) is 9.97 Å². The van der Waals surface area contributed by atoms with Gasteiger partial charge in [-0.2, -0.15) is 0 Å². The van der Waals surface area contributed by atoms with Gasteiger partial charge in [0.1, 0.15) is 12.1 Å². The first-order valence-electron chi connectivity index (χ1n) is 5.91. The highest BCUT2D eigenvalue weighted by Crippen LogP contribution is 2.37. The number of rotatable bonds is 3. The Balaban J connectivity index is 2.00. The van der Waals surface area contributed by atoms with Crippen LogP contribution in [-0.2, 0) is 0 Å². The normalized spacial score (nSPS) is 18.0. The topological polar surface area (TPSA) is 63.8 Å². The highest BCUT2D eigenvalue weighted by Gasteiger charge is 2.36. The Bertz CT molecular complexity index is 539. The molecule has 0 saturated heterocycles. The number of nitrogens with one attached hydrogen (secondary N) is 1. The van der Waals surface area contributed by atoms with Gasteiger partial charge < -0.3 is 11.1 Å². The zero-order valence-corrected chi connectivity index (χ0v) is 10.7. The van der Waals surface area contributed by atoms with Crippen LogP contribution in [0, 0.1) is 6.92 Å². The zero-order chi connectivity index (χ0) is 11.9. The predicted molar refractivity (Wildman–Crippen MR) is 71.4 cm³/mol. The van der Waals surface area contributed by atoms with Crippen molar-refractivity contribution in [2.75, 3.05) is 11.9 Å². The van der Waals surface area contributed by atoms with E-state index >= 15 is 0 Å².